The summed E-state index contributed by atoms with van der Waals surface area (Å²) in [7, 11) is 0. The van der Waals surface area contributed by atoms with Gasteiger partial charge in [-0.2, -0.15) is 0 Å². The van der Waals surface area contributed by atoms with Gasteiger partial charge in [-0.15, -0.1) is 0 Å². The van der Waals surface area contributed by atoms with Crippen LogP contribution in [0.25, 0.3) is 22.3 Å². The molecule has 3 aromatic rings. The minimum absolute atomic E-state index is 0.163. The average molecular weight is 347 g/mol. The van der Waals surface area contributed by atoms with Crippen molar-refractivity contribution in [3.05, 3.63) is 66.2 Å². The number of para-hydroxylation sites is 1. The molecule has 0 saturated carbocycles. The topological polar surface area (TPSA) is 43.7 Å². The summed E-state index contributed by atoms with van der Waals surface area (Å²) >= 11 is 0. The van der Waals surface area contributed by atoms with E-state index in [0.717, 1.165) is 35.5 Å². The van der Waals surface area contributed by atoms with E-state index in [0.29, 0.717) is 11.1 Å². The molecule has 0 aliphatic rings. The number of rotatable bonds is 5. The third-order valence-corrected chi connectivity index (χ3v) is 4.78. The van der Waals surface area contributed by atoms with Gasteiger partial charge in [-0.05, 0) is 44.5 Å². The second-order valence-corrected chi connectivity index (χ2v) is 6.41. The number of hydrogen-bond donors (Lipinski definition) is 2. The van der Waals surface area contributed by atoms with Crippen molar-refractivity contribution < 1.29 is 10.2 Å². The monoisotopic (exact) mass is 347 g/mol. The molecular formula is C23H25NO2. The third-order valence-electron chi connectivity index (χ3n) is 4.78. The summed E-state index contributed by atoms with van der Waals surface area (Å²) in [6, 6.07) is 19.1. The molecule has 3 heteroatoms. The van der Waals surface area contributed by atoms with Crippen molar-refractivity contribution in [2.75, 3.05) is 18.0 Å². The number of nitrogens with zero attached hydrogens (tertiary/aromatic N) is 1. The smallest absolute Gasteiger partial charge is 0.124 e. The number of hydrogen-bond acceptors (Lipinski definition) is 3. The summed E-state index contributed by atoms with van der Waals surface area (Å²) in [6.45, 7) is 8.00. The van der Waals surface area contributed by atoms with E-state index >= 15 is 0 Å². The Balaban J connectivity index is 2.30. The van der Waals surface area contributed by atoms with Crippen LogP contribution >= 0.6 is 0 Å². The summed E-state index contributed by atoms with van der Waals surface area (Å²) in [5.74, 6) is 0.328. The Morgan fingerprint density at radius 3 is 1.92 bits per heavy atom. The van der Waals surface area contributed by atoms with Crippen LogP contribution < -0.4 is 4.90 Å². The van der Waals surface area contributed by atoms with E-state index in [1.54, 1.807) is 12.1 Å². The van der Waals surface area contributed by atoms with E-state index in [1.807, 2.05) is 49.4 Å². The summed E-state index contributed by atoms with van der Waals surface area (Å²) in [5, 5.41) is 21.3. The molecule has 0 aromatic heterocycles. The molecule has 0 aliphatic heterocycles. The van der Waals surface area contributed by atoms with Crippen LogP contribution in [0.3, 0.4) is 0 Å². The minimum Gasteiger partial charge on any atom is -0.507 e. The molecular weight excluding hydrogens is 322 g/mol. The first-order valence-corrected chi connectivity index (χ1v) is 9.03. The fourth-order valence-electron chi connectivity index (χ4n) is 3.39. The molecule has 0 heterocycles. The second kappa shape index (κ2) is 7.52. The van der Waals surface area contributed by atoms with Crippen LogP contribution in [0.2, 0.25) is 0 Å². The molecule has 3 nitrogen and oxygen atoms in total. The fourth-order valence-corrected chi connectivity index (χ4v) is 3.39. The van der Waals surface area contributed by atoms with Crippen molar-refractivity contribution in [3.8, 4) is 33.8 Å². The Morgan fingerprint density at radius 1 is 0.731 bits per heavy atom. The molecule has 0 spiro atoms. The lowest BCUT2D eigenvalue weighted by molar-refractivity contribution is 0.463. The van der Waals surface area contributed by atoms with Gasteiger partial charge in [0.2, 0.25) is 0 Å². The molecule has 2 N–H and O–H groups in total. The number of phenols is 2. The largest absolute Gasteiger partial charge is 0.507 e. The van der Waals surface area contributed by atoms with Gasteiger partial charge in [0.1, 0.15) is 11.5 Å². The van der Waals surface area contributed by atoms with E-state index in [-0.39, 0.29) is 11.5 Å². The maximum Gasteiger partial charge on any atom is 0.124 e. The summed E-state index contributed by atoms with van der Waals surface area (Å²) in [5.41, 5.74) is 5.32. The molecule has 0 atom stereocenters. The standard InChI is InChI=1S/C23H25NO2/c1-4-24(5-2)19-9-7-6-8-18(19)23-21(26)15-14-20(25)22(23)17-12-10-16(3)11-13-17/h6-15,25-26H,4-5H2,1-3H3. The van der Waals surface area contributed by atoms with E-state index in [4.69, 9.17) is 0 Å². The van der Waals surface area contributed by atoms with E-state index < -0.39 is 0 Å². The zero-order valence-electron chi connectivity index (χ0n) is 15.5. The summed E-state index contributed by atoms with van der Waals surface area (Å²) in [4.78, 5) is 2.25. The first kappa shape index (κ1) is 17.9. The first-order chi connectivity index (χ1) is 12.6. The zero-order valence-corrected chi connectivity index (χ0v) is 15.5. The predicted molar refractivity (Wildman–Crippen MR) is 109 cm³/mol. The van der Waals surface area contributed by atoms with Crippen LogP contribution in [-0.4, -0.2) is 23.3 Å². The normalized spacial score (nSPS) is 10.7. The number of aryl methyl sites for hydroxylation is 1. The van der Waals surface area contributed by atoms with Gasteiger partial charge in [-0.3, -0.25) is 0 Å². The molecule has 0 fully saturated rings. The van der Waals surface area contributed by atoms with E-state index in [1.165, 1.54) is 0 Å². The van der Waals surface area contributed by atoms with Gasteiger partial charge in [0, 0.05) is 35.5 Å². The van der Waals surface area contributed by atoms with Crippen LogP contribution in [0.15, 0.2) is 60.7 Å². The lowest BCUT2D eigenvalue weighted by atomic mass is 9.91. The van der Waals surface area contributed by atoms with Crippen LogP contribution in [-0.2, 0) is 0 Å². The first-order valence-electron chi connectivity index (χ1n) is 9.03. The molecule has 0 aliphatic carbocycles. The number of benzene rings is 3. The van der Waals surface area contributed by atoms with Crippen LogP contribution in [0.5, 0.6) is 11.5 Å². The van der Waals surface area contributed by atoms with Crippen molar-refractivity contribution >= 4 is 5.69 Å². The maximum atomic E-state index is 10.7. The minimum atomic E-state index is 0.163. The molecule has 26 heavy (non-hydrogen) atoms. The lowest BCUT2D eigenvalue weighted by Crippen LogP contribution is -2.22. The van der Waals surface area contributed by atoms with Crippen LogP contribution in [0, 0.1) is 6.92 Å². The average Bonchev–Trinajstić information content (AvgIpc) is 2.66. The van der Waals surface area contributed by atoms with Gasteiger partial charge in [0.05, 0.1) is 0 Å². The summed E-state index contributed by atoms with van der Waals surface area (Å²) < 4.78 is 0. The molecule has 0 amide bonds. The Kier molecular flexibility index (Phi) is 5.17. The quantitative estimate of drug-likeness (QED) is 0.592. The highest BCUT2D eigenvalue weighted by atomic mass is 16.3. The molecule has 0 radical (unpaired) electrons. The Bertz CT molecular complexity index is 897. The SMILES string of the molecule is CCN(CC)c1ccccc1-c1c(O)ccc(O)c1-c1ccc(C)cc1. The van der Waals surface area contributed by atoms with Crippen molar-refractivity contribution in [3.63, 3.8) is 0 Å². The predicted octanol–water partition coefficient (Wildman–Crippen LogP) is 5.59. The van der Waals surface area contributed by atoms with Crippen molar-refractivity contribution in [2.45, 2.75) is 20.8 Å². The van der Waals surface area contributed by atoms with Gasteiger partial charge in [-0.25, -0.2) is 0 Å². The van der Waals surface area contributed by atoms with Crippen molar-refractivity contribution in [1.82, 2.24) is 0 Å². The highest BCUT2D eigenvalue weighted by Gasteiger charge is 2.20. The molecule has 0 unspecified atom stereocenters. The van der Waals surface area contributed by atoms with Gasteiger partial charge in [0.25, 0.3) is 0 Å². The molecule has 3 aromatic carbocycles. The van der Waals surface area contributed by atoms with Crippen LogP contribution in [0.4, 0.5) is 5.69 Å². The second-order valence-electron chi connectivity index (χ2n) is 6.41. The van der Waals surface area contributed by atoms with Crippen LogP contribution in [0.1, 0.15) is 19.4 Å². The number of anilines is 1. The Hall–Kier alpha value is -2.94. The summed E-state index contributed by atoms with van der Waals surface area (Å²) in [6.07, 6.45) is 0. The van der Waals surface area contributed by atoms with Gasteiger partial charge >= 0.3 is 0 Å². The van der Waals surface area contributed by atoms with Gasteiger partial charge in [0.15, 0.2) is 0 Å². The van der Waals surface area contributed by atoms with Crippen molar-refractivity contribution in [2.24, 2.45) is 0 Å². The lowest BCUT2D eigenvalue weighted by Gasteiger charge is -2.25. The van der Waals surface area contributed by atoms with Crippen molar-refractivity contribution in [1.29, 1.82) is 0 Å². The molecule has 3 rings (SSSR count). The number of phenolic OH excluding ortho intramolecular Hbond substituents is 2. The molecule has 0 saturated heterocycles. The van der Waals surface area contributed by atoms with E-state index in [2.05, 4.69) is 24.8 Å². The highest BCUT2D eigenvalue weighted by Crippen LogP contribution is 2.46. The zero-order chi connectivity index (χ0) is 18.7. The van der Waals surface area contributed by atoms with E-state index in [9.17, 15) is 10.2 Å². The maximum absolute atomic E-state index is 10.7. The fraction of sp³-hybridized carbons (Fsp3) is 0.217. The number of aromatic hydroxyl groups is 2. The Morgan fingerprint density at radius 2 is 1.31 bits per heavy atom. The Labute approximate surface area is 155 Å². The molecule has 134 valence electrons. The third kappa shape index (κ3) is 3.25. The molecule has 0 bridgehead atoms. The highest BCUT2D eigenvalue weighted by molar-refractivity contribution is 5.95. The van der Waals surface area contributed by atoms with Gasteiger partial charge < -0.3 is 15.1 Å². The van der Waals surface area contributed by atoms with Gasteiger partial charge in [-0.1, -0.05) is 48.0 Å².